The van der Waals surface area contributed by atoms with E-state index in [0.29, 0.717) is 0 Å². The van der Waals surface area contributed by atoms with Crippen molar-refractivity contribution in [2.24, 2.45) is 17.4 Å². The van der Waals surface area contributed by atoms with Crippen LogP contribution in [0.5, 0.6) is 0 Å². The van der Waals surface area contributed by atoms with Gasteiger partial charge < -0.3 is 16.4 Å². The Hall–Kier alpha value is -1.39. The van der Waals surface area contributed by atoms with Gasteiger partial charge in [-0.3, -0.25) is 4.79 Å². The van der Waals surface area contributed by atoms with Crippen LogP contribution in [0.25, 0.3) is 0 Å². The fourth-order valence-electron chi connectivity index (χ4n) is 2.83. The molecule has 1 aromatic carbocycles. The summed E-state index contributed by atoms with van der Waals surface area (Å²) >= 11 is 0. The fraction of sp³-hybridized carbons (Fsp3) is 0.533. The van der Waals surface area contributed by atoms with Crippen LogP contribution >= 0.6 is 0 Å². The number of rotatable bonds is 4. The zero-order valence-electron chi connectivity index (χ0n) is 11.5. The lowest BCUT2D eigenvalue weighted by atomic mass is 9.95. The van der Waals surface area contributed by atoms with Gasteiger partial charge in [0.1, 0.15) is 0 Å². The molecule has 0 spiro atoms. The standard InChI is InChI=1S/C15H23N3O/c1-11-5-2-3-7-13(11)14(16)10-18-8-4-6-12(9-18)15(17)19/h2-3,5,7,12,14H,4,6,8-10,16H2,1H3,(H2,17,19). The largest absolute Gasteiger partial charge is 0.369 e. The van der Waals surface area contributed by atoms with Crippen LogP contribution in [0.2, 0.25) is 0 Å². The Morgan fingerprint density at radius 3 is 2.89 bits per heavy atom. The van der Waals surface area contributed by atoms with Crippen LogP contribution in [-0.2, 0) is 4.79 Å². The van der Waals surface area contributed by atoms with E-state index in [4.69, 9.17) is 11.5 Å². The number of amides is 1. The number of aryl methyl sites for hydroxylation is 1. The molecule has 0 saturated carbocycles. The first-order valence-corrected chi connectivity index (χ1v) is 6.90. The highest BCUT2D eigenvalue weighted by Gasteiger charge is 2.25. The summed E-state index contributed by atoms with van der Waals surface area (Å²) in [5, 5.41) is 0. The number of carbonyl (C=O) groups excluding carboxylic acids is 1. The number of nitrogens with zero attached hydrogens (tertiary/aromatic N) is 1. The first-order valence-electron chi connectivity index (χ1n) is 6.90. The van der Waals surface area contributed by atoms with Crippen LogP contribution in [0.15, 0.2) is 24.3 Å². The lowest BCUT2D eigenvalue weighted by Crippen LogP contribution is -2.43. The first kappa shape index (κ1) is 14.0. The third-order valence-electron chi connectivity index (χ3n) is 3.95. The Kier molecular flexibility index (Phi) is 4.56. The molecule has 1 heterocycles. The van der Waals surface area contributed by atoms with E-state index in [-0.39, 0.29) is 17.9 Å². The minimum atomic E-state index is -0.186. The van der Waals surface area contributed by atoms with Crippen molar-refractivity contribution in [2.75, 3.05) is 19.6 Å². The Labute approximate surface area is 114 Å². The van der Waals surface area contributed by atoms with Gasteiger partial charge in [0.15, 0.2) is 0 Å². The molecule has 0 radical (unpaired) electrons. The monoisotopic (exact) mass is 261 g/mol. The molecule has 0 aromatic heterocycles. The number of carbonyl (C=O) groups is 1. The van der Waals surface area contributed by atoms with Gasteiger partial charge in [-0.15, -0.1) is 0 Å². The van der Waals surface area contributed by atoms with Crippen molar-refractivity contribution in [3.63, 3.8) is 0 Å². The highest BCUT2D eigenvalue weighted by molar-refractivity contribution is 5.76. The van der Waals surface area contributed by atoms with E-state index in [2.05, 4.69) is 24.0 Å². The van der Waals surface area contributed by atoms with Crippen LogP contribution in [0.4, 0.5) is 0 Å². The topological polar surface area (TPSA) is 72.3 Å². The Bertz CT molecular complexity index is 447. The van der Waals surface area contributed by atoms with Gasteiger partial charge in [0.2, 0.25) is 5.91 Å². The van der Waals surface area contributed by atoms with Crippen LogP contribution < -0.4 is 11.5 Å². The van der Waals surface area contributed by atoms with Gasteiger partial charge in [-0.25, -0.2) is 0 Å². The summed E-state index contributed by atoms with van der Waals surface area (Å²) in [5.74, 6) is -0.202. The second-order valence-corrected chi connectivity index (χ2v) is 5.46. The molecule has 1 saturated heterocycles. The maximum Gasteiger partial charge on any atom is 0.221 e. The van der Waals surface area contributed by atoms with Gasteiger partial charge in [0, 0.05) is 19.1 Å². The van der Waals surface area contributed by atoms with Crippen molar-refractivity contribution >= 4 is 5.91 Å². The van der Waals surface area contributed by atoms with E-state index in [1.54, 1.807) is 0 Å². The van der Waals surface area contributed by atoms with Crippen molar-refractivity contribution in [3.8, 4) is 0 Å². The summed E-state index contributed by atoms with van der Waals surface area (Å²) in [4.78, 5) is 13.5. The summed E-state index contributed by atoms with van der Waals surface area (Å²) in [6.07, 6.45) is 1.93. The summed E-state index contributed by atoms with van der Waals surface area (Å²) in [7, 11) is 0. The van der Waals surface area contributed by atoms with Crippen LogP contribution in [0.3, 0.4) is 0 Å². The highest BCUT2D eigenvalue weighted by Crippen LogP contribution is 2.20. The van der Waals surface area contributed by atoms with Crippen LogP contribution in [-0.4, -0.2) is 30.4 Å². The maximum absolute atomic E-state index is 11.3. The molecular formula is C15H23N3O. The normalized spacial score (nSPS) is 22.1. The molecule has 1 fully saturated rings. The lowest BCUT2D eigenvalue weighted by molar-refractivity contribution is -0.123. The molecule has 2 unspecified atom stereocenters. The molecule has 2 atom stereocenters. The Balaban J connectivity index is 1.97. The predicted octanol–water partition coefficient (Wildman–Crippen LogP) is 1.19. The van der Waals surface area contributed by atoms with E-state index in [1.165, 1.54) is 11.1 Å². The van der Waals surface area contributed by atoms with Crippen molar-refractivity contribution in [1.29, 1.82) is 0 Å². The fourth-order valence-corrected chi connectivity index (χ4v) is 2.83. The molecule has 2 rings (SSSR count). The van der Waals surface area contributed by atoms with Crippen LogP contribution in [0, 0.1) is 12.8 Å². The van der Waals surface area contributed by atoms with Crippen molar-refractivity contribution in [3.05, 3.63) is 35.4 Å². The minimum Gasteiger partial charge on any atom is -0.369 e. The van der Waals surface area contributed by atoms with Crippen molar-refractivity contribution in [2.45, 2.75) is 25.8 Å². The molecule has 0 aliphatic carbocycles. The third kappa shape index (κ3) is 3.55. The maximum atomic E-state index is 11.3. The van der Waals surface area contributed by atoms with Gasteiger partial charge in [-0.05, 0) is 37.4 Å². The van der Waals surface area contributed by atoms with E-state index in [1.807, 2.05) is 12.1 Å². The number of benzene rings is 1. The SMILES string of the molecule is Cc1ccccc1C(N)CN1CCCC(C(N)=O)C1. The van der Waals surface area contributed by atoms with Crippen LogP contribution in [0.1, 0.15) is 30.0 Å². The summed E-state index contributed by atoms with van der Waals surface area (Å²) in [5.41, 5.74) is 14.1. The molecule has 4 N–H and O–H groups in total. The number of nitrogens with two attached hydrogens (primary N) is 2. The van der Waals surface area contributed by atoms with Gasteiger partial charge in [0.05, 0.1) is 5.92 Å². The average Bonchev–Trinajstić information content (AvgIpc) is 2.39. The summed E-state index contributed by atoms with van der Waals surface area (Å²) in [6.45, 7) is 4.62. The van der Waals surface area contributed by atoms with Gasteiger partial charge in [-0.2, -0.15) is 0 Å². The minimum absolute atomic E-state index is 0.00664. The zero-order chi connectivity index (χ0) is 13.8. The number of piperidine rings is 1. The number of hydrogen-bond acceptors (Lipinski definition) is 3. The molecular weight excluding hydrogens is 238 g/mol. The second-order valence-electron chi connectivity index (χ2n) is 5.46. The Morgan fingerprint density at radius 2 is 2.21 bits per heavy atom. The summed E-state index contributed by atoms with van der Waals surface area (Å²) < 4.78 is 0. The van der Waals surface area contributed by atoms with Gasteiger partial charge in [0.25, 0.3) is 0 Å². The van der Waals surface area contributed by atoms with Crippen molar-refractivity contribution in [1.82, 2.24) is 4.90 Å². The first-order chi connectivity index (χ1) is 9.08. The Morgan fingerprint density at radius 1 is 1.47 bits per heavy atom. The quantitative estimate of drug-likeness (QED) is 0.855. The van der Waals surface area contributed by atoms with Crippen molar-refractivity contribution < 1.29 is 4.79 Å². The molecule has 1 aliphatic heterocycles. The lowest BCUT2D eigenvalue weighted by Gasteiger charge is -2.33. The van der Waals surface area contributed by atoms with Gasteiger partial charge >= 0.3 is 0 Å². The van der Waals surface area contributed by atoms with E-state index in [0.717, 1.165) is 32.5 Å². The number of likely N-dealkylation sites (tertiary alicyclic amines) is 1. The molecule has 104 valence electrons. The molecule has 1 aromatic rings. The molecule has 4 nitrogen and oxygen atoms in total. The zero-order valence-corrected chi connectivity index (χ0v) is 11.5. The summed E-state index contributed by atoms with van der Waals surface area (Å²) in [6, 6.07) is 8.20. The molecule has 1 amide bonds. The number of hydrogen-bond donors (Lipinski definition) is 2. The predicted molar refractivity (Wildman–Crippen MR) is 76.5 cm³/mol. The van der Waals surface area contributed by atoms with E-state index >= 15 is 0 Å². The van der Waals surface area contributed by atoms with Gasteiger partial charge in [-0.1, -0.05) is 24.3 Å². The third-order valence-corrected chi connectivity index (χ3v) is 3.95. The van der Waals surface area contributed by atoms with E-state index < -0.39 is 0 Å². The number of primary amides is 1. The molecule has 4 heteroatoms. The van der Waals surface area contributed by atoms with E-state index in [9.17, 15) is 4.79 Å². The average molecular weight is 261 g/mol. The molecule has 0 bridgehead atoms. The smallest absolute Gasteiger partial charge is 0.221 e. The second kappa shape index (κ2) is 6.17. The molecule has 1 aliphatic rings. The highest BCUT2D eigenvalue weighted by atomic mass is 16.1. The molecule has 19 heavy (non-hydrogen) atoms.